The molecule has 3 aromatic carbocycles. The predicted molar refractivity (Wildman–Crippen MR) is 142 cm³/mol. The Balaban J connectivity index is 1.54. The maximum atomic E-state index is 13.3. The number of carbonyl (C=O) groups excluding carboxylic acids is 2. The van der Waals surface area contributed by atoms with Gasteiger partial charge in [0.1, 0.15) is 29.6 Å². The molecule has 7 nitrogen and oxygen atoms in total. The number of aliphatic hydroxyl groups excluding tert-OH is 1. The van der Waals surface area contributed by atoms with E-state index >= 15 is 0 Å². The molecule has 7 heteroatoms. The molecule has 38 heavy (non-hydrogen) atoms. The standard InChI is InChI=1S/C31H27NO6/c1-20-17-22(14-15-25(20)38-19-21-9-4-3-5-10-21)29(33)27-28(24-12-6-7-13-26(24)36-2)32(31(35)30(27)34)18-23-11-8-16-37-23/h3-17,28,33H,18-19H2,1-2H3/b29-27+. The number of nitrogens with zero attached hydrogens (tertiary/aromatic N) is 1. The van der Waals surface area contributed by atoms with Gasteiger partial charge in [-0.15, -0.1) is 0 Å². The minimum Gasteiger partial charge on any atom is -0.507 e. The fraction of sp³-hybridized carbons (Fsp3) is 0.161. The first-order valence-electron chi connectivity index (χ1n) is 12.2. The van der Waals surface area contributed by atoms with Gasteiger partial charge in [0.15, 0.2) is 0 Å². The van der Waals surface area contributed by atoms with Gasteiger partial charge in [-0.05, 0) is 54.4 Å². The maximum absolute atomic E-state index is 13.3. The van der Waals surface area contributed by atoms with Crippen LogP contribution in [-0.2, 0) is 22.7 Å². The highest BCUT2D eigenvalue weighted by atomic mass is 16.5. The van der Waals surface area contributed by atoms with Crippen LogP contribution in [0.2, 0.25) is 0 Å². The zero-order valence-electron chi connectivity index (χ0n) is 21.1. The number of ether oxygens (including phenoxy) is 2. The van der Waals surface area contributed by atoms with Crippen molar-refractivity contribution in [3.05, 3.63) is 125 Å². The lowest BCUT2D eigenvalue weighted by molar-refractivity contribution is -0.140. The fourth-order valence-corrected chi connectivity index (χ4v) is 4.68. The molecule has 1 saturated heterocycles. The maximum Gasteiger partial charge on any atom is 0.296 e. The summed E-state index contributed by atoms with van der Waals surface area (Å²) in [6.45, 7) is 2.32. The first-order valence-corrected chi connectivity index (χ1v) is 12.2. The normalized spacial score (nSPS) is 16.6. The average Bonchev–Trinajstić information content (AvgIpc) is 3.55. The van der Waals surface area contributed by atoms with E-state index in [0.29, 0.717) is 35.0 Å². The van der Waals surface area contributed by atoms with E-state index < -0.39 is 17.7 Å². The smallest absolute Gasteiger partial charge is 0.296 e. The molecule has 1 N–H and O–H groups in total. The Bertz CT molecular complexity index is 1490. The Labute approximate surface area is 220 Å². The third-order valence-electron chi connectivity index (χ3n) is 6.57. The van der Waals surface area contributed by atoms with Crippen molar-refractivity contribution in [2.75, 3.05) is 7.11 Å². The molecule has 1 fully saturated rings. The van der Waals surface area contributed by atoms with E-state index in [1.165, 1.54) is 18.3 Å². The number of carbonyl (C=O) groups is 2. The third-order valence-corrected chi connectivity index (χ3v) is 6.57. The zero-order valence-corrected chi connectivity index (χ0v) is 21.1. The highest BCUT2D eigenvalue weighted by Gasteiger charge is 2.47. The van der Waals surface area contributed by atoms with Crippen LogP contribution in [0.5, 0.6) is 11.5 Å². The van der Waals surface area contributed by atoms with Crippen LogP contribution in [0.15, 0.2) is 101 Å². The second kappa shape index (κ2) is 10.7. The minimum atomic E-state index is -0.870. The molecule has 2 heterocycles. The summed E-state index contributed by atoms with van der Waals surface area (Å²) in [4.78, 5) is 28.0. The second-order valence-corrected chi connectivity index (χ2v) is 9.00. The number of Topliss-reactive ketones (excluding diaryl/α,β-unsaturated/α-hetero) is 1. The number of hydrogen-bond acceptors (Lipinski definition) is 6. The van der Waals surface area contributed by atoms with E-state index in [1.54, 1.807) is 54.6 Å². The molecule has 0 aliphatic carbocycles. The molecular weight excluding hydrogens is 482 g/mol. The molecule has 1 aliphatic heterocycles. The Morgan fingerprint density at radius 2 is 1.71 bits per heavy atom. The number of aliphatic hydroxyl groups is 1. The van der Waals surface area contributed by atoms with E-state index in [2.05, 4.69) is 0 Å². The molecule has 1 aliphatic rings. The van der Waals surface area contributed by atoms with Crippen LogP contribution >= 0.6 is 0 Å². The number of rotatable bonds is 8. The average molecular weight is 510 g/mol. The van der Waals surface area contributed by atoms with Crippen molar-refractivity contribution in [2.24, 2.45) is 0 Å². The number of amides is 1. The number of ketones is 1. The lowest BCUT2D eigenvalue weighted by atomic mass is 9.94. The topological polar surface area (TPSA) is 89.2 Å². The van der Waals surface area contributed by atoms with Crippen LogP contribution in [0, 0.1) is 6.92 Å². The molecule has 1 amide bonds. The minimum absolute atomic E-state index is 0.0107. The molecule has 0 radical (unpaired) electrons. The quantitative estimate of drug-likeness (QED) is 0.184. The van der Waals surface area contributed by atoms with E-state index in [1.807, 2.05) is 37.3 Å². The van der Waals surface area contributed by atoms with Gasteiger partial charge in [0, 0.05) is 11.1 Å². The summed E-state index contributed by atoms with van der Waals surface area (Å²) in [5.41, 5.74) is 2.80. The van der Waals surface area contributed by atoms with Gasteiger partial charge in [-0.25, -0.2) is 0 Å². The third kappa shape index (κ3) is 4.78. The zero-order chi connectivity index (χ0) is 26.6. The second-order valence-electron chi connectivity index (χ2n) is 9.00. The van der Waals surface area contributed by atoms with Crippen molar-refractivity contribution in [1.29, 1.82) is 0 Å². The van der Waals surface area contributed by atoms with Crippen molar-refractivity contribution in [2.45, 2.75) is 26.1 Å². The number of likely N-dealkylation sites (tertiary alicyclic amines) is 1. The fourth-order valence-electron chi connectivity index (χ4n) is 4.68. The number of aryl methyl sites for hydroxylation is 1. The van der Waals surface area contributed by atoms with Crippen LogP contribution in [-0.4, -0.2) is 28.8 Å². The summed E-state index contributed by atoms with van der Waals surface area (Å²) in [6, 6.07) is 24.7. The van der Waals surface area contributed by atoms with Gasteiger partial charge in [-0.3, -0.25) is 9.59 Å². The van der Waals surface area contributed by atoms with Gasteiger partial charge in [-0.1, -0.05) is 48.5 Å². The Kier molecular flexibility index (Phi) is 7.00. The molecule has 1 unspecified atom stereocenters. The van der Waals surface area contributed by atoms with Gasteiger partial charge >= 0.3 is 0 Å². The van der Waals surface area contributed by atoms with Gasteiger partial charge in [0.25, 0.3) is 11.7 Å². The summed E-state index contributed by atoms with van der Waals surface area (Å²) in [6.07, 6.45) is 1.51. The number of furan rings is 1. The highest BCUT2D eigenvalue weighted by molar-refractivity contribution is 6.46. The van der Waals surface area contributed by atoms with E-state index in [-0.39, 0.29) is 17.9 Å². The molecule has 0 bridgehead atoms. The van der Waals surface area contributed by atoms with Gasteiger partial charge < -0.3 is 23.9 Å². The first kappa shape index (κ1) is 24.9. The lowest BCUT2D eigenvalue weighted by Gasteiger charge is -2.26. The molecule has 192 valence electrons. The first-order chi connectivity index (χ1) is 18.5. The molecule has 1 aromatic heterocycles. The van der Waals surface area contributed by atoms with Crippen LogP contribution in [0.1, 0.15) is 34.1 Å². The van der Waals surface area contributed by atoms with Crippen LogP contribution in [0.4, 0.5) is 0 Å². The Morgan fingerprint density at radius 3 is 2.42 bits per heavy atom. The molecule has 5 rings (SSSR count). The predicted octanol–water partition coefficient (Wildman–Crippen LogP) is 5.80. The van der Waals surface area contributed by atoms with Crippen molar-refractivity contribution in [1.82, 2.24) is 4.90 Å². The van der Waals surface area contributed by atoms with Crippen molar-refractivity contribution in [3.8, 4) is 11.5 Å². The van der Waals surface area contributed by atoms with Gasteiger partial charge in [-0.2, -0.15) is 0 Å². The van der Waals surface area contributed by atoms with Gasteiger partial charge in [0.05, 0.1) is 31.5 Å². The molecule has 0 saturated carbocycles. The lowest BCUT2D eigenvalue weighted by Crippen LogP contribution is -2.29. The van der Waals surface area contributed by atoms with Crippen molar-refractivity contribution < 1.29 is 28.6 Å². The number of hydrogen-bond donors (Lipinski definition) is 1. The molecule has 4 aromatic rings. The number of benzene rings is 3. The van der Waals surface area contributed by atoms with Crippen LogP contribution < -0.4 is 9.47 Å². The summed E-state index contributed by atoms with van der Waals surface area (Å²) in [5, 5.41) is 11.4. The summed E-state index contributed by atoms with van der Waals surface area (Å²) in [5.74, 6) is -0.0904. The molecule has 0 spiro atoms. The highest BCUT2D eigenvalue weighted by Crippen LogP contribution is 2.43. The Hall–Kier alpha value is -4.78. The largest absolute Gasteiger partial charge is 0.507 e. The number of para-hydroxylation sites is 1. The van der Waals surface area contributed by atoms with E-state index in [9.17, 15) is 14.7 Å². The summed E-state index contributed by atoms with van der Waals surface area (Å²) < 4.78 is 17.0. The molecule has 1 atom stereocenters. The van der Waals surface area contributed by atoms with Crippen LogP contribution in [0.3, 0.4) is 0 Å². The van der Waals surface area contributed by atoms with Crippen LogP contribution in [0.25, 0.3) is 5.76 Å². The van der Waals surface area contributed by atoms with E-state index in [0.717, 1.165) is 11.1 Å². The number of methoxy groups -OCH3 is 1. The Morgan fingerprint density at radius 1 is 0.947 bits per heavy atom. The molecular formula is C31H27NO6. The van der Waals surface area contributed by atoms with E-state index in [4.69, 9.17) is 13.9 Å². The van der Waals surface area contributed by atoms with Crippen molar-refractivity contribution in [3.63, 3.8) is 0 Å². The monoisotopic (exact) mass is 509 g/mol. The SMILES string of the molecule is COc1ccccc1C1/C(=C(\O)c2ccc(OCc3ccccc3)c(C)c2)C(=O)C(=O)N1Cc1ccco1. The van der Waals surface area contributed by atoms with Gasteiger partial charge in [0.2, 0.25) is 0 Å². The van der Waals surface area contributed by atoms with Crippen molar-refractivity contribution >= 4 is 17.4 Å². The summed E-state index contributed by atoms with van der Waals surface area (Å²) in [7, 11) is 1.52. The summed E-state index contributed by atoms with van der Waals surface area (Å²) >= 11 is 0.